The van der Waals surface area contributed by atoms with Crippen molar-refractivity contribution in [3.63, 3.8) is 0 Å². The van der Waals surface area contributed by atoms with Crippen LogP contribution in [0.3, 0.4) is 0 Å². The Balaban J connectivity index is 2.62. The van der Waals surface area contributed by atoms with E-state index in [4.69, 9.17) is 9.47 Å². The molecule has 0 aromatic heterocycles. The number of likely N-dealkylation sites (N-methyl/N-ethyl adjacent to an activating group) is 1. The van der Waals surface area contributed by atoms with Crippen LogP contribution in [0.15, 0.2) is 0 Å². The second-order valence-corrected chi connectivity index (χ2v) is 5.39. The molecule has 0 spiro atoms. The van der Waals surface area contributed by atoms with Gasteiger partial charge < -0.3 is 14.8 Å². The van der Waals surface area contributed by atoms with E-state index in [-0.39, 0.29) is 0 Å². The zero-order chi connectivity index (χ0) is 13.9. The highest BCUT2D eigenvalue weighted by molar-refractivity contribution is 4.86. The molecule has 1 saturated carbocycles. The van der Waals surface area contributed by atoms with Gasteiger partial charge in [-0.1, -0.05) is 26.2 Å². The number of nitrogens with one attached hydrogen (secondary N) is 1. The Kier molecular flexibility index (Phi) is 9.43. The fourth-order valence-corrected chi connectivity index (χ4v) is 3.09. The second-order valence-electron chi connectivity index (χ2n) is 5.39. The smallest absolute Gasteiger partial charge is 0.0589 e. The van der Waals surface area contributed by atoms with Crippen molar-refractivity contribution in [3.05, 3.63) is 0 Å². The number of hydrogen-bond donors (Lipinski definition) is 1. The summed E-state index contributed by atoms with van der Waals surface area (Å²) in [6.45, 7) is 6.89. The van der Waals surface area contributed by atoms with Crippen LogP contribution >= 0.6 is 0 Å². The predicted molar refractivity (Wildman–Crippen MR) is 79.7 cm³/mol. The van der Waals surface area contributed by atoms with E-state index in [2.05, 4.69) is 17.1 Å². The second kappa shape index (κ2) is 10.6. The maximum Gasteiger partial charge on any atom is 0.0589 e. The summed E-state index contributed by atoms with van der Waals surface area (Å²) in [7, 11) is 3.56. The lowest BCUT2D eigenvalue weighted by Crippen LogP contribution is -2.51. The van der Waals surface area contributed by atoms with E-state index < -0.39 is 0 Å². The molecule has 0 saturated heterocycles. The highest BCUT2D eigenvalue weighted by atomic mass is 16.5. The first-order chi connectivity index (χ1) is 9.33. The van der Waals surface area contributed by atoms with E-state index in [1.54, 1.807) is 14.2 Å². The molecular weight excluding hydrogens is 240 g/mol. The van der Waals surface area contributed by atoms with Gasteiger partial charge in [0.2, 0.25) is 0 Å². The Bertz CT molecular complexity index is 206. The standard InChI is InChI=1S/C15H32N2O2/c1-4-16-14-8-6-5-7-9-15(14)17(10-12-18-2)11-13-19-3/h14-16H,4-13H2,1-3H3. The third kappa shape index (κ3) is 6.21. The van der Waals surface area contributed by atoms with Crippen LogP contribution < -0.4 is 5.32 Å². The summed E-state index contributed by atoms with van der Waals surface area (Å²) in [5.41, 5.74) is 0. The van der Waals surface area contributed by atoms with Gasteiger partial charge >= 0.3 is 0 Å². The molecule has 0 radical (unpaired) electrons. The number of ether oxygens (including phenoxy) is 2. The van der Waals surface area contributed by atoms with Crippen molar-refractivity contribution in [2.24, 2.45) is 0 Å². The predicted octanol–water partition coefficient (Wildman–Crippen LogP) is 1.89. The Labute approximate surface area is 118 Å². The van der Waals surface area contributed by atoms with Crippen molar-refractivity contribution >= 4 is 0 Å². The van der Waals surface area contributed by atoms with Crippen molar-refractivity contribution in [3.8, 4) is 0 Å². The molecule has 2 atom stereocenters. The van der Waals surface area contributed by atoms with Crippen LogP contribution in [0.5, 0.6) is 0 Å². The van der Waals surface area contributed by atoms with Crippen LogP contribution in [0, 0.1) is 0 Å². The minimum atomic E-state index is 0.626. The Hall–Kier alpha value is -0.160. The first kappa shape index (κ1) is 16.9. The summed E-state index contributed by atoms with van der Waals surface area (Å²) in [6, 6.07) is 1.26. The summed E-state index contributed by atoms with van der Waals surface area (Å²) in [5, 5.41) is 3.68. The molecule has 1 aliphatic carbocycles. The monoisotopic (exact) mass is 272 g/mol. The van der Waals surface area contributed by atoms with Gasteiger partial charge in [-0.05, 0) is 19.4 Å². The molecule has 4 heteroatoms. The van der Waals surface area contributed by atoms with Crippen molar-refractivity contribution < 1.29 is 9.47 Å². The van der Waals surface area contributed by atoms with Crippen LogP contribution in [0.25, 0.3) is 0 Å². The van der Waals surface area contributed by atoms with Gasteiger partial charge in [-0.25, -0.2) is 0 Å². The molecule has 0 aromatic rings. The number of nitrogens with zero attached hydrogens (tertiary/aromatic N) is 1. The summed E-state index contributed by atoms with van der Waals surface area (Å²) in [5.74, 6) is 0. The summed E-state index contributed by atoms with van der Waals surface area (Å²) < 4.78 is 10.5. The molecule has 114 valence electrons. The maximum absolute atomic E-state index is 5.27. The maximum atomic E-state index is 5.27. The summed E-state index contributed by atoms with van der Waals surface area (Å²) in [6.07, 6.45) is 6.68. The zero-order valence-electron chi connectivity index (χ0n) is 13.0. The van der Waals surface area contributed by atoms with Gasteiger partial charge in [-0.2, -0.15) is 0 Å². The highest BCUT2D eigenvalue weighted by Gasteiger charge is 2.27. The van der Waals surface area contributed by atoms with Crippen molar-refractivity contribution in [2.45, 2.75) is 51.1 Å². The van der Waals surface area contributed by atoms with E-state index in [0.29, 0.717) is 12.1 Å². The Morgan fingerprint density at radius 3 is 2.21 bits per heavy atom. The first-order valence-corrected chi connectivity index (χ1v) is 7.78. The SMILES string of the molecule is CCNC1CCCCCC1N(CCOC)CCOC. The van der Waals surface area contributed by atoms with Crippen molar-refractivity contribution in [1.29, 1.82) is 0 Å². The molecular formula is C15H32N2O2. The lowest BCUT2D eigenvalue weighted by Gasteiger charge is -2.36. The van der Waals surface area contributed by atoms with E-state index in [0.717, 1.165) is 32.8 Å². The van der Waals surface area contributed by atoms with Crippen LogP contribution in [0.4, 0.5) is 0 Å². The fourth-order valence-electron chi connectivity index (χ4n) is 3.09. The molecule has 19 heavy (non-hydrogen) atoms. The normalized spacial score (nSPS) is 24.6. The minimum absolute atomic E-state index is 0.626. The van der Waals surface area contributed by atoms with E-state index in [1.165, 1.54) is 32.1 Å². The Morgan fingerprint density at radius 1 is 1.00 bits per heavy atom. The average molecular weight is 272 g/mol. The molecule has 1 N–H and O–H groups in total. The molecule has 0 aliphatic heterocycles. The van der Waals surface area contributed by atoms with Crippen LogP contribution in [-0.4, -0.2) is 64.1 Å². The quantitative estimate of drug-likeness (QED) is 0.650. The van der Waals surface area contributed by atoms with E-state index in [1.807, 2.05) is 0 Å². The lowest BCUT2D eigenvalue weighted by atomic mass is 10.0. The minimum Gasteiger partial charge on any atom is -0.383 e. The van der Waals surface area contributed by atoms with E-state index in [9.17, 15) is 0 Å². The third-order valence-electron chi connectivity index (χ3n) is 4.08. The molecule has 0 aromatic carbocycles. The molecule has 1 aliphatic rings. The summed E-state index contributed by atoms with van der Waals surface area (Å²) in [4.78, 5) is 2.56. The van der Waals surface area contributed by atoms with E-state index >= 15 is 0 Å². The van der Waals surface area contributed by atoms with Crippen molar-refractivity contribution in [1.82, 2.24) is 10.2 Å². The fraction of sp³-hybridized carbons (Fsp3) is 1.00. The molecule has 0 bridgehead atoms. The van der Waals surface area contributed by atoms with Gasteiger partial charge in [-0.3, -0.25) is 4.90 Å². The molecule has 4 nitrogen and oxygen atoms in total. The molecule has 0 heterocycles. The van der Waals surface area contributed by atoms with Gasteiger partial charge in [0.05, 0.1) is 13.2 Å². The van der Waals surface area contributed by atoms with Gasteiger partial charge in [-0.15, -0.1) is 0 Å². The zero-order valence-corrected chi connectivity index (χ0v) is 13.0. The summed E-state index contributed by atoms with van der Waals surface area (Å²) >= 11 is 0. The lowest BCUT2D eigenvalue weighted by molar-refractivity contribution is 0.0707. The Morgan fingerprint density at radius 2 is 1.63 bits per heavy atom. The first-order valence-electron chi connectivity index (χ1n) is 7.78. The number of methoxy groups -OCH3 is 2. The highest BCUT2D eigenvalue weighted by Crippen LogP contribution is 2.22. The molecule has 2 unspecified atom stereocenters. The van der Waals surface area contributed by atoms with Crippen LogP contribution in [0.1, 0.15) is 39.0 Å². The van der Waals surface area contributed by atoms with Gasteiger partial charge in [0.15, 0.2) is 0 Å². The van der Waals surface area contributed by atoms with Crippen LogP contribution in [-0.2, 0) is 9.47 Å². The third-order valence-corrected chi connectivity index (χ3v) is 4.08. The van der Waals surface area contributed by atoms with Gasteiger partial charge in [0.1, 0.15) is 0 Å². The van der Waals surface area contributed by atoms with Crippen LogP contribution in [0.2, 0.25) is 0 Å². The van der Waals surface area contributed by atoms with Crippen molar-refractivity contribution in [2.75, 3.05) is 47.1 Å². The largest absolute Gasteiger partial charge is 0.383 e. The average Bonchev–Trinajstić information content (AvgIpc) is 2.65. The molecule has 0 amide bonds. The molecule has 1 rings (SSSR count). The number of rotatable bonds is 9. The molecule has 1 fully saturated rings. The van der Waals surface area contributed by atoms with Gasteiger partial charge in [0.25, 0.3) is 0 Å². The topological polar surface area (TPSA) is 33.7 Å². The van der Waals surface area contributed by atoms with Gasteiger partial charge in [0, 0.05) is 39.4 Å². The number of hydrogen-bond acceptors (Lipinski definition) is 4.